The summed E-state index contributed by atoms with van der Waals surface area (Å²) in [5.74, 6) is -0.978. The summed E-state index contributed by atoms with van der Waals surface area (Å²) in [5, 5.41) is 3.12. The van der Waals surface area contributed by atoms with Gasteiger partial charge >= 0.3 is 5.97 Å². The monoisotopic (exact) mass is 360 g/mol. The van der Waals surface area contributed by atoms with Crippen molar-refractivity contribution in [3.05, 3.63) is 58.6 Å². The standard InChI is InChI=1S/C19H21ClN2O3/c1-11(2)17(21)19(24)25-16-9-6-13(20)10-15(16)18(23)22-14-7-4-12(3)5-8-14/h4-11,17H,21H2,1-3H3,(H,22,23)/t17-/m0/s1. The summed E-state index contributed by atoms with van der Waals surface area (Å²) in [6.45, 7) is 5.59. The van der Waals surface area contributed by atoms with Crippen molar-refractivity contribution in [1.29, 1.82) is 0 Å². The smallest absolute Gasteiger partial charge is 0.328 e. The second-order valence-electron chi connectivity index (χ2n) is 6.15. The van der Waals surface area contributed by atoms with Gasteiger partial charge in [0, 0.05) is 10.7 Å². The summed E-state index contributed by atoms with van der Waals surface area (Å²) < 4.78 is 5.32. The van der Waals surface area contributed by atoms with Crippen LogP contribution in [0.2, 0.25) is 5.02 Å². The SMILES string of the molecule is Cc1ccc(NC(=O)c2cc(Cl)ccc2OC(=O)[C@@H](N)C(C)C)cc1. The first-order valence-corrected chi connectivity index (χ1v) is 8.30. The predicted octanol–water partition coefficient (Wildman–Crippen LogP) is 3.79. The topological polar surface area (TPSA) is 81.4 Å². The molecule has 0 spiro atoms. The lowest BCUT2D eigenvalue weighted by molar-refractivity contribution is -0.136. The Morgan fingerprint density at radius 3 is 2.36 bits per heavy atom. The summed E-state index contributed by atoms with van der Waals surface area (Å²) in [6.07, 6.45) is 0. The number of hydrogen-bond acceptors (Lipinski definition) is 4. The number of hydrogen-bond donors (Lipinski definition) is 2. The summed E-state index contributed by atoms with van der Waals surface area (Å²) in [7, 11) is 0. The fourth-order valence-electron chi connectivity index (χ4n) is 2.05. The molecule has 0 aliphatic carbocycles. The number of ether oxygens (including phenoxy) is 1. The number of nitrogens with two attached hydrogens (primary N) is 1. The third kappa shape index (κ3) is 5.05. The lowest BCUT2D eigenvalue weighted by atomic mass is 10.1. The number of esters is 1. The quantitative estimate of drug-likeness (QED) is 0.627. The van der Waals surface area contributed by atoms with E-state index in [9.17, 15) is 9.59 Å². The average Bonchev–Trinajstić information content (AvgIpc) is 2.57. The van der Waals surface area contributed by atoms with Gasteiger partial charge in [-0.1, -0.05) is 43.1 Å². The number of carbonyl (C=O) groups excluding carboxylic acids is 2. The Morgan fingerprint density at radius 1 is 1.12 bits per heavy atom. The molecule has 3 N–H and O–H groups in total. The normalized spacial score (nSPS) is 11.9. The summed E-state index contributed by atoms with van der Waals surface area (Å²) in [5.41, 5.74) is 7.68. The zero-order valence-corrected chi connectivity index (χ0v) is 15.1. The number of rotatable bonds is 5. The highest BCUT2D eigenvalue weighted by Gasteiger charge is 2.22. The van der Waals surface area contributed by atoms with Crippen molar-refractivity contribution in [3.63, 3.8) is 0 Å². The molecule has 1 atom stereocenters. The molecule has 2 aromatic carbocycles. The van der Waals surface area contributed by atoms with E-state index in [0.29, 0.717) is 10.7 Å². The zero-order chi connectivity index (χ0) is 18.6. The molecule has 0 aliphatic rings. The van der Waals surface area contributed by atoms with Crippen LogP contribution in [0.1, 0.15) is 29.8 Å². The first-order valence-electron chi connectivity index (χ1n) is 7.92. The largest absolute Gasteiger partial charge is 0.425 e. The van der Waals surface area contributed by atoms with Crippen LogP contribution in [0.25, 0.3) is 0 Å². The minimum Gasteiger partial charge on any atom is -0.425 e. The van der Waals surface area contributed by atoms with E-state index in [-0.39, 0.29) is 17.2 Å². The van der Waals surface area contributed by atoms with Crippen LogP contribution in [0.15, 0.2) is 42.5 Å². The molecule has 2 aromatic rings. The molecule has 2 rings (SSSR count). The second-order valence-corrected chi connectivity index (χ2v) is 6.59. The Hall–Kier alpha value is -2.37. The maximum absolute atomic E-state index is 12.6. The third-order valence-electron chi connectivity index (χ3n) is 3.70. The fraction of sp³-hybridized carbons (Fsp3) is 0.263. The Balaban J connectivity index is 2.24. The molecular weight excluding hydrogens is 340 g/mol. The van der Waals surface area contributed by atoms with Crippen molar-refractivity contribution in [2.45, 2.75) is 26.8 Å². The average molecular weight is 361 g/mol. The van der Waals surface area contributed by atoms with E-state index in [1.807, 2.05) is 32.9 Å². The molecule has 25 heavy (non-hydrogen) atoms. The number of halogens is 1. The van der Waals surface area contributed by atoms with Gasteiger partial charge in [-0.15, -0.1) is 0 Å². The molecule has 0 aliphatic heterocycles. The lowest BCUT2D eigenvalue weighted by Crippen LogP contribution is -2.38. The van der Waals surface area contributed by atoms with Gasteiger partial charge in [-0.3, -0.25) is 4.79 Å². The van der Waals surface area contributed by atoms with Gasteiger partial charge in [-0.25, -0.2) is 4.79 Å². The van der Waals surface area contributed by atoms with E-state index in [1.54, 1.807) is 18.2 Å². The van der Waals surface area contributed by atoms with Crippen LogP contribution in [0.4, 0.5) is 5.69 Å². The highest BCUT2D eigenvalue weighted by molar-refractivity contribution is 6.31. The lowest BCUT2D eigenvalue weighted by Gasteiger charge is -2.16. The number of amides is 1. The molecule has 0 saturated heterocycles. The highest BCUT2D eigenvalue weighted by Crippen LogP contribution is 2.25. The summed E-state index contributed by atoms with van der Waals surface area (Å²) in [4.78, 5) is 24.7. The number of carbonyl (C=O) groups is 2. The summed E-state index contributed by atoms with van der Waals surface area (Å²) in [6, 6.07) is 11.1. The van der Waals surface area contributed by atoms with Gasteiger partial charge in [0.15, 0.2) is 0 Å². The van der Waals surface area contributed by atoms with E-state index in [0.717, 1.165) is 5.56 Å². The molecule has 0 heterocycles. The maximum atomic E-state index is 12.6. The molecule has 0 bridgehead atoms. The minimum atomic E-state index is -0.774. The van der Waals surface area contributed by atoms with E-state index < -0.39 is 17.9 Å². The Kier molecular flexibility index (Phi) is 6.17. The molecule has 0 aromatic heterocycles. The van der Waals surface area contributed by atoms with Crippen molar-refractivity contribution in [1.82, 2.24) is 0 Å². The van der Waals surface area contributed by atoms with Crippen LogP contribution in [0.5, 0.6) is 5.75 Å². The van der Waals surface area contributed by atoms with Crippen LogP contribution in [-0.2, 0) is 4.79 Å². The van der Waals surface area contributed by atoms with Crippen molar-refractivity contribution < 1.29 is 14.3 Å². The third-order valence-corrected chi connectivity index (χ3v) is 3.93. The molecule has 0 fully saturated rings. The number of nitrogens with one attached hydrogen (secondary N) is 1. The first kappa shape index (κ1) is 19.0. The van der Waals surface area contributed by atoms with Crippen molar-refractivity contribution in [2.24, 2.45) is 11.7 Å². The number of aryl methyl sites for hydroxylation is 1. The molecule has 6 heteroatoms. The highest BCUT2D eigenvalue weighted by atomic mass is 35.5. The van der Waals surface area contributed by atoms with Gasteiger partial charge in [0.1, 0.15) is 11.8 Å². The predicted molar refractivity (Wildman–Crippen MR) is 99.0 cm³/mol. The summed E-state index contributed by atoms with van der Waals surface area (Å²) >= 11 is 5.99. The van der Waals surface area contributed by atoms with Crippen molar-refractivity contribution >= 4 is 29.2 Å². The zero-order valence-electron chi connectivity index (χ0n) is 14.4. The Morgan fingerprint density at radius 2 is 1.76 bits per heavy atom. The molecule has 1 amide bonds. The Labute approximate surface area is 152 Å². The molecule has 5 nitrogen and oxygen atoms in total. The first-order chi connectivity index (χ1) is 11.8. The van der Waals surface area contributed by atoms with Crippen molar-refractivity contribution in [2.75, 3.05) is 5.32 Å². The fourth-order valence-corrected chi connectivity index (χ4v) is 2.22. The number of anilines is 1. The minimum absolute atomic E-state index is 0.0790. The van der Waals surface area contributed by atoms with E-state index in [1.165, 1.54) is 12.1 Å². The molecule has 0 saturated carbocycles. The maximum Gasteiger partial charge on any atom is 0.328 e. The molecule has 132 valence electrons. The van der Waals surface area contributed by atoms with Gasteiger partial charge in [0.05, 0.1) is 5.56 Å². The van der Waals surface area contributed by atoms with Gasteiger partial charge in [0.2, 0.25) is 0 Å². The Bertz CT molecular complexity index is 773. The van der Waals surface area contributed by atoms with Crippen molar-refractivity contribution in [3.8, 4) is 5.75 Å². The van der Waals surface area contributed by atoms with E-state index >= 15 is 0 Å². The van der Waals surface area contributed by atoms with Gasteiger partial charge in [-0.05, 0) is 43.2 Å². The molecule has 0 radical (unpaired) electrons. The van der Waals surface area contributed by atoms with Crippen LogP contribution < -0.4 is 15.8 Å². The van der Waals surface area contributed by atoms with Crippen LogP contribution in [-0.4, -0.2) is 17.9 Å². The molecule has 0 unspecified atom stereocenters. The second kappa shape index (κ2) is 8.14. The van der Waals surface area contributed by atoms with Gasteiger partial charge in [0.25, 0.3) is 5.91 Å². The van der Waals surface area contributed by atoms with Gasteiger partial charge in [-0.2, -0.15) is 0 Å². The van der Waals surface area contributed by atoms with Crippen LogP contribution in [0.3, 0.4) is 0 Å². The molecular formula is C19H21ClN2O3. The van der Waals surface area contributed by atoms with E-state index in [2.05, 4.69) is 5.32 Å². The van der Waals surface area contributed by atoms with Gasteiger partial charge < -0.3 is 15.8 Å². The van der Waals surface area contributed by atoms with Crippen LogP contribution >= 0.6 is 11.6 Å². The van der Waals surface area contributed by atoms with E-state index in [4.69, 9.17) is 22.1 Å². The number of benzene rings is 2. The van der Waals surface area contributed by atoms with Crippen LogP contribution in [0, 0.1) is 12.8 Å².